The van der Waals surface area contributed by atoms with Crippen molar-refractivity contribution in [2.24, 2.45) is 0 Å². The van der Waals surface area contributed by atoms with Crippen LogP contribution < -0.4 is 14.8 Å². The van der Waals surface area contributed by atoms with Gasteiger partial charge < -0.3 is 23.9 Å². The molecule has 0 spiro atoms. The zero-order valence-electron chi connectivity index (χ0n) is 19.7. The number of benzene rings is 1. The molecule has 1 atom stereocenters. The van der Waals surface area contributed by atoms with Gasteiger partial charge in [0.2, 0.25) is 0 Å². The van der Waals surface area contributed by atoms with E-state index in [0.717, 1.165) is 30.2 Å². The van der Waals surface area contributed by atoms with Crippen LogP contribution in [0.2, 0.25) is 0 Å². The Bertz CT molecular complexity index is 1060. The maximum absolute atomic E-state index is 13.0. The van der Waals surface area contributed by atoms with Gasteiger partial charge in [-0.3, -0.25) is 14.7 Å². The number of ether oxygens (including phenoxy) is 3. The lowest BCUT2D eigenvalue weighted by Gasteiger charge is -2.33. The second-order valence-corrected chi connectivity index (χ2v) is 8.06. The minimum Gasteiger partial charge on any atom is -0.490 e. The Balaban J connectivity index is 1.44. The van der Waals surface area contributed by atoms with Gasteiger partial charge in [-0.05, 0) is 61.9 Å². The monoisotopic (exact) mass is 465 g/mol. The van der Waals surface area contributed by atoms with Crippen molar-refractivity contribution in [2.45, 2.75) is 26.5 Å². The third-order valence-electron chi connectivity index (χ3n) is 5.68. The zero-order valence-corrected chi connectivity index (χ0v) is 19.7. The lowest BCUT2D eigenvalue weighted by atomic mass is 10.1. The molecule has 0 aliphatic carbocycles. The summed E-state index contributed by atoms with van der Waals surface area (Å²) in [6, 6.07) is 12.9. The largest absolute Gasteiger partial charge is 0.490 e. The number of hydrogen-bond donors (Lipinski definition) is 1. The number of hydrogen-bond acceptors (Lipinski definition) is 7. The van der Waals surface area contributed by atoms with E-state index in [4.69, 9.17) is 18.6 Å². The number of morpholine rings is 1. The highest BCUT2D eigenvalue weighted by molar-refractivity contribution is 5.94. The molecule has 8 nitrogen and oxygen atoms in total. The number of aromatic nitrogens is 1. The Hall–Kier alpha value is -3.36. The lowest BCUT2D eigenvalue weighted by molar-refractivity contribution is 0.0117. The molecule has 34 heavy (non-hydrogen) atoms. The second kappa shape index (κ2) is 11.7. The van der Waals surface area contributed by atoms with E-state index < -0.39 is 0 Å². The smallest absolute Gasteiger partial charge is 0.251 e. The first-order valence-electron chi connectivity index (χ1n) is 11.6. The Morgan fingerprint density at radius 1 is 1.09 bits per heavy atom. The van der Waals surface area contributed by atoms with E-state index in [9.17, 15) is 4.79 Å². The van der Waals surface area contributed by atoms with Crippen molar-refractivity contribution in [3.05, 3.63) is 77.5 Å². The molecule has 180 valence electrons. The van der Waals surface area contributed by atoms with Crippen molar-refractivity contribution in [2.75, 3.05) is 39.5 Å². The fraction of sp³-hybridized carbons (Fsp3) is 0.385. The van der Waals surface area contributed by atoms with Crippen molar-refractivity contribution >= 4 is 5.91 Å². The van der Waals surface area contributed by atoms with Crippen molar-refractivity contribution in [1.29, 1.82) is 0 Å². The molecule has 1 fully saturated rings. The summed E-state index contributed by atoms with van der Waals surface area (Å²) in [5.74, 6) is 2.64. The Morgan fingerprint density at radius 2 is 1.88 bits per heavy atom. The summed E-state index contributed by atoms with van der Waals surface area (Å²) >= 11 is 0. The van der Waals surface area contributed by atoms with Gasteiger partial charge in [-0.2, -0.15) is 0 Å². The number of nitrogens with zero attached hydrogens (tertiary/aromatic N) is 2. The van der Waals surface area contributed by atoms with Gasteiger partial charge in [0.25, 0.3) is 5.91 Å². The maximum Gasteiger partial charge on any atom is 0.251 e. The number of amides is 1. The quantitative estimate of drug-likeness (QED) is 0.488. The molecule has 0 saturated carbocycles. The molecule has 1 unspecified atom stereocenters. The average molecular weight is 466 g/mol. The fourth-order valence-electron chi connectivity index (χ4n) is 3.90. The van der Waals surface area contributed by atoms with Gasteiger partial charge in [0.1, 0.15) is 18.1 Å². The molecule has 0 radical (unpaired) electrons. The van der Waals surface area contributed by atoms with Gasteiger partial charge >= 0.3 is 0 Å². The average Bonchev–Trinajstić information content (AvgIpc) is 3.30. The summed E-state index contributed by atoms with van der Waals surface area (Å²) in [6.07, 6.45) is 3.45. The van der Waals surface area contributed by atoms with Crippen molar-refractivity contribution in [1.82, 2.24) is 15.2 Å². The third-order valence-corrected chi connectivity index (χ3v) is 5.68. The van der Waals surface area contributed by atoms with Gasteiger partial charge in [0.05, 0.1) is 25.9 Å². The van der Waals surface area contributed by atoms with Crippen LogP contribution in [0.15, 0.2) is 59.3 Å². The van der Waals surface area contributed by atoms with Crippen LogP contribution in [0.4, 0.5) is 0 Å². The SMILES string of the molecule is CCOc1cc(C(=O)NCC(c2ccc(C)o2)N2CCOCC2)ccc1OCc1ccncc1. The topological polar surface area (TPSA) is 86.1 Å². The molecule has 1 saturated heterocycles. The molecule has 1 aliphatic rings. The van der Waals surface area contributed by atoms with Crippen LogP contribution in [0.3, 0.4) is 0 Å². The number of carbonyl (C=O) groups is 1. The molecule has 0 bridgehead atoms. The number of carbonyl (C=O) groups excluding carboxylic acids is 1. The molecular formula is C26H31N3O5. The third kappa shape index (κ3) is 6.15. The number of nitrogens with one attached hydrogen (secondary N) is 1. The molecule has 4 rings (SSSR count). The molecule has 1 aliphatic heterocycles. The van der Waals surface area contributed by atoms with Crippen LogP contribution in [0.5, 0.6) is 11.5 Å². The van der Waals surface area contributed by atoms with Gasteiger partial charge in [0, 0.05) is 37.6 Å². The van der Waals surface area contributed by atoms with E-state index in [1.807, 2.05) is 38.1 Å². The molecular weight excluding hydrogens is 434 g/mol. The summed E-state index contributed by atoms with van der Waals surface area (Å²) in [7, 11) is 0. The minimum absolute atomic E-state index is 0.0594. The second-order valence-electron chi connectivity index (χ2n) is 8.06. The fourth-order valence-corrected chi connectivity index (χ4v) is 3.90. The Kier molecular flexibility index (Phi) is 8.17. The van der Waals surface area contributed by atoms with Crippen molar-refractivity contribution in [3.63, 3.8) is 0 Å². The molecule has 3 heterocycles. The highest BCUT2D eigenvalue weighted by Gasteiger charge is 2.26. The summed E-state index contributed by atoms with van der Waals surface area (Å²) in [5, 5.41) is 3.07. The van der Waals surface area contributed by atoms with Crippen molar-refractivity contribution < 1.29 is 23.4 Å². The molecule has 1 amide bonds. The highest BCUT2D eigenvalue weighted by Crippen LogP contribution is 2.30. The van der Waals surface area contributed by atoms with Gasteiger partial charge in [0.15, 0.2) is 11.5 Å². The van der Waals surface area contributed by atoms with E-state index in [1.165, 1.54) is 0 Å². The summed E-state index contributed by atoms with van der Waals surface area (Å²) in [6.45, 7) is 8.02. The maximum atomic E-state index is 13.0. The number of furan rings is 1. The molecule has 1 N–H and O–H groups in total. The van der Waals surface area contributed by atoms with E-state index in [2.05, 4.69) is 15.2 Å². The minimum atomic E-state index is -0.178. The molecule has 3 aromatic rings. The normalized spacial score (nSPS) is 15.0. The van der Waals surface area contributed by atoms with Crippen molar-refractivity contribution in [3.8, 4) is 11.5 Å². The Labute approximate surface area is 199 Å². The van der Waals surface area contributed by atoms with Crippen LogP contribution in [0.1, 0.15) is 40.4 Å². The Morgan fingerprint density at radius 3 is 2.59 bits per heavy atom. The molecule has 8 heteroatoms. The van der Waals surface area contributed by atoms with Crippen LogP contribution in [-0.2, 0) is 11.3 Å². The van der Waals surface area contributed by atoms with Crippen LogP contribution >= 0.6 is 0 Å². The predicted octanol–water partition coefficient (Wildman–Crippen LogP) is 3.76. The number of aryl methyl sites for hydroxylation is 1. The van der Waals surface area contributed by atoms with Crippen LogP contribution in [0.25, 0.3) is 0 Å². The predicted molar refractivity (Wildman–Crippen MR) is 127 cm³/mol. The first-order chi connectivity index (χ1) is 16.6. The molecule has 1 aromatic carbocycles. The highest BCUT2D eigenvalue weighted by atomic mass is 16.5. The van der Waals surface area contributed by atoms with E-state index in [-0.39, 0.29) is 11.9 Å². The van der Waals surface area contributed by atoms with E-state index >= 15 is 0 Å². The summed E-state index contributed by atoms with van der Waals surface area (Å²) in [5.41, 5.74) is 1.51. The van der Waals surface area contributed by atoms with Gasteiger partial charge in [-0.25, -0.2) is 0 Å². The van der Waals surface area contributed by atoms with Crippen LogP contribution in [0, 0.1) is 6.92 Å². The number of rotatable bonds is 10. The standard InChI is InChI=1S/C26H31N3O5/c1-3-32-25-16-21(5-7-24(25)33-18-20-8-10-27-11-9-20)26(30)28-17-22(23-6-4-19(2)34-23)29-12-14-31-15-13-29/h4-11,16,22H,3,12-15,17-18H2,1-2H3,(H,28,30). The van der Waals surface area contributed by atoms with Gasteiger partial charge in [-0.15, -0.1) is 0 Å². The first kappa shape index (κ1) is 23.8. The van der Waals surface area contributed by atoms with E-state index in [0.29, 0.717) is 50.0 Å². The molecule has 2 aromatic heterocycles. The summed E-state index contributed by atoms with van der Waals surface area (Å²) in [4.78, 5) is 19.3. The number of pyridine rings is 1. The lowest BCUT2D eigenvalue weighted by Crippen LogP contribution is -2.43. The van der Waals surface area contributed by atoms with Crippen LogP contribution in [-0.4, -0.2) is 55.2 Å². The van der Waals surface area contributed by atoms with E-state index in [1.54, 1.807) is 30.6 Å². The zero-order chi connectivity index (χ0) is 23.8. The first-order valence-corrected chi connectivity index (χ1v) is 11.6. The van der Waals surface area contributed by atoms with Gasteiger partial charge in [-0.1, -0.05) is 0 Å². The summed E-state index contributed by atoms with van der Waals surface area (Å²) < 4.78 is 23.1.